The fourth-order valence-corrected chi connectivity index (χ4v) is 10.4. The summed E-state index contributed by atoms with van der Waals surface area (Å²) in [5.74, 6) is -1.28. The number of ether oxygens (including phenoxy) is 3. The molecule has 0 heterocycles. The summed E-state index contributed by atoms with van der Waals surface area (Å²) in [6, 6.07) is 31.0. The fourth-order valence-electron chi connectivity index (χ4n) is 10.4. The highest BCUT2D eigenvalue weighted by atomic mass is 16.6. The Bertz CT molecular complexity index is 2810. The molecule has 360 valence electrons. The molecule has 0 bridgehead atoms. The maximum absolute atomic E-state index is 13.4. The Labute approximate surface area is 410 Å². The zero-order valence-electron chi connectivity index (χ0n) is 42.8. The van der Waals surface area contributed by atoms with Crippen LogP contribution in [-0.4, -0.2) is 61.6 Å². The van der Waals surface area contributed by atoms with Gasteiger partial charge in [0.1, 0.15) is 26.4 Å². The van der Waals surface area contributed by atoms with Gasteiger partial charge in [-0.1, -0.05) is 85.1 Å². The van der Waals surface area contributed by atoms with Gasteiger partial charge in [0.05, 0.1) is 18.3 Å². The van der Waals surface area contributed by atoms with E-state index < -0.39 is 17.4 Å². The average Bonchev–Trinajstić information content (AvgIpc) is 3.32. The van der Waals surface area contributed by atoms with Crippen molar-refractivity contribution < 1.29 is 33.2 Å². The summed E-state index contributed by atoms with van der Waals surface area (Å²) >= 11 is 0. The van der Waals surface area contributed by atoms with Crippen LogP contribution in [0.1, 0.15) is 122 Å². The Balaban J connectivity index is 1.19. The van der Waals surface area contributed by atoms with Crippen molar-refractivity contribution in [3.05, 3.63) is 165 Å². The molecule has 2 unspecified atom stereocenters. The van der Waals surface area contributed by atoms with Crippen LogP contribution in [0.4, 0.5) is 17.1 Å². The smallest absolute Gasteiger partial charge is 0.311 e. The van der Waals surface area contributed by atoms with Crippen LogP contribution in [0.5, 0.6) is 0 Å². The second kappa shape index (κ2) is 21.8. The number of esters is 3. The van der Waals surface area contributed by atoms with Crippen molar-refractivity contribution in [2.45, 2.75) is 119 Å². The highest BCUT2D eigenvalue weighted by Crippen LogP contribution is 2.43. The molecule has 1 fully saturated rings. The van der Waals surface area contributed by atoms with Gasteiger partial charge in [-0.25, -0.2) is 0 Å². The number of nitrogens with zero attached hydrogens (tertiary/aromatic N) is 2. The van der Waals surface area contributed by atoms with Crippen molar-refractivity contribution >= 4 is 57.0 Å². The maximum atomic E-state index is 13.4. The van der Waals surface area contributed by atoms with Gasteiger partial charge in [-0.2, -0.15) is 4.58 Å². The van der Waals surface area contributed by atoms with Crippen LogP contribution in [0.2, 0.25) is 0 Å². The quantitative estimate of drug-likeness (QED) is 0.0447. The van der Waals surface area contributed by atoms with E-state index in [0.717, 1.165) is 75.7 Å². The minimum absolute atomic E-state index is 0.00822. The number of carbonyl (C=O) groups is 3. The number of allylic oxidation sites excluding steroid dienone is 5. The summed E-state index contributed by atoms with van der Waals surface area (Å²) in [5.41, 5.74) is 17.2. The number of anilines is 2. The lowest BCUT2D eigenvalue weighted by Crippen LogP contribution is -2.29. The Hall–Kier alpha value is -6.54. The molecule has 0 aliphatic heterocycles. The Morgan fingerprint density at radius 1 is 0.696 bits per heavy atom. The van der Waals surface area contributed by atoms with Crippen molar-refractivity contribution in [2.75, 3.05) is 32.2 Å². The van der Waals surface area contributed by atoms with Crippen molar-refractivity contribution in [1.82, 2.24) is 0 Å². The molecule has 1 saturated carbocycles. The van der Waals surface area contributed by atoms with Gasteiger partial charge in [-0.3, -0.25) is 14.4 Å². The summed E-state index contributed by atoms with van der Waals surface area (Å²) in [6.07, 6.45) is 12.7. The van der Waals surface area contributed by atoms with E-state index in [9.17, 15) is 14.4 Å². The zero-order chi connectivity index (χ0) is 49.6. The predicted molar refractivity (Wildman–Crippen MR) is 281 cm³/mol. The summed E-state index contributed by atoms with van der Waals surface area (Å²) in [6.45, 7) is 18.5. The lowest BCUT2D eigenvalue weighted by molar-refractivity contribution is -0.404. The first-order valence-corrected chi connectivity index (χ1v) is 24.7. The van der Waals surface area contributed by atoms with Gasteiger partial charge in [0.25, 0.3) is 0 Å². The van der Waals surface area contributed by atoms with Gasteiger partial charge in [0.15, 0.2) is 0 Å². The first kappa shape index (κ1) is 50.3. The lowest BCUT2D eigenvalue weighted by atomic mass is 9.78. The third-order valence-electron chi connectivity index (χ3n) is 14.2. The van der Waals surface area contributed by atoms with Crippen molar-refractivity contribution in [3.63, 3.8) is 0 Å². The van der Waals surface area contributed by atoms with Crippen LogP contribution in [0, 0.1) is 47.0 Å². The van der Waals surface area contributed by atoms with Crippen LogP contribution in [0.15, 0.2) is 115 Å². The molecular weight excluding hydrogens is 857 g/mol. The molecule has 0 spiro atoms. The van der Waals surface area contributed by atoms with Crippen molar-refractivity contribution in [1.29, 1.82) is 0 Å². The first-order valence-electron chi connectivity index (χ1n) is 24.7. The highest BCUT2D eigenvalue weighted by molar-refractivity contribution is 6.06. The van der Waals surface area contributed by atoms with Crippen LogP contribution < -0.4 is 4.90 Å². The number of carbonyl (C=O) groups excluding carboxylic acids is 3. The predicted octanol–water partition coefficient (Wildman–Crippen LogP) is 13.7. The molecule has 0 aromatic heterocycles. The van der Waals surface area contributed by atoms with Crippen LogP contribution in [0.25, 0.3) is 16.3 Å². The van der Waals surface area contributed by atoms with Crippen LogP contribution >= 0.6 is 0 Å². The van der Waals surface area contributed by atoms with E-state index in [1.165, 1.54) is 44.8 Å². The summed E-state index contributed by atoms with van der Waals surface area (Å²) < 4.78 is 19.1. The highest BCUT2D eigenvalue weighted by Gasteiger charge is 2.32. The maximum Gasteiger partial charge on any atom is 0.311 e. The van der Waals surface area contributed by atoms with Crippen molar-refractivity contribution in [2.24, 2.45) is 5.41 Å². The molecule has 0 saturated heterocycles. The molecule has 0 amide bonds. The van der Waals surface area contributed by atoms with E-state index in [1.807, 2.05) is 20.8 Å². The number of fused-ring (bicyclic) bond motifs is 1. The second-order valence-corrected chi connectivity index (χ2v) is 19.8. The van der Waals surface area contributed by atoms with Crippen molar-refractivity contribution in [3.8, 4) is 0 Å². The number of aryl methyl sites for hydroxylation is 6. The van der Waals surface area contributed by atoms with Crippen LogP contribution in [-0.2, 0) is 28.6 Å². The van der Waals surface area contributed by atoms with E-state index >= 15 is 0 Å². The zero-order valence-corrected chi connectivity index (χ0v) is 42.8. The Morgan fingerprint density at radius 3 is 1.91 bits per heavy atom. The van der Waals surface area contributed by atoms with Gasteiger partial charge in [0, 0.05) is 47.6 Å². The molecular formula is C61H71N2O6+. The molecule has 0 radical (unpaired) electrons. The number of rotatable bonds is 15. The third kappa shape index (κ3) is 11.5. The Morgan fingerprint density at radius 2 is 1.28 bits per heavy atom. The van der Waals surface area contributed by atoms with Gasteiger partial charge >= 0.3 is 17.9 Å². The van der Waals surface area contributed by atoms with E-state index in [1.54, 1.807) is 0 Å². The molecule has 5 aromatic carbocycles. The molecule has 69 heavy (non-hydrogen) atoms. The molecule has 0 N–H and O–H groups in total. The molecule has 5 aromatic rings. The molecule has 2 aliphatic rings. The number of hydrogen-bond donors (Lipinski definition) is 0. The minimum Gasteiger partial charge on any atom is -0.462 e. The van der Waals surface area contributed by atoms with Gasteiger partial charge < -0.3 is 19.1 Å². The van der Waals surface area contributed by atoms with E-state index in [0.29, 0.717) is 6.42 Å². The summed E-state index contributed by atoms with van der Waals surface area (Å²) in [4.78, 5) is 40.5. The molecule has 8 heteroatoms. The van der Waals surface area contributed by atoms with E-state index in [2.05, 4.69) is 174 Å². The standard InChI is InChI=1S/C61H71N2O6/c1-12-61(8,9)60(66)68-34-33-67-55(64)31-32-56(65)69-54-20-16-15-19-52(54)51-29-30-53(50-18-14-13-17-49(50)51)57(45-21-25-47(26-22-45)62(10)58-41(4)35-39(2)36-42(58)5)46-23-27-48(28-24-46)63(11)59-43(6)37-40(3)38-44(59)7/h13-14,17-18,21-30,35-38,52,54H,12,15-16,19-20,31-34H2,1-11H3/q+1. The summed E-state index contributed by atoms with van der Waals surface area (Å²) in [7, 11) is 4.29. The first-order chi connectivity index (χ1) is 33.0. The fraction of sp³-hybridized carbons (Fsp3) is 0.377. The Kier molecular flexibility index (Phi) is 15.9. The van der Waals surface area contributed by atoms with Gasteiger partial charge in [0.2, 0.25) is 11.4 Å². The lowest BCUT2D eigenvalue weighted by Gasteiger charge is -2.32. The van der Waals surface area contributed by atoms with Gasteiger partial charge in [-0.15, -0.1) is 0 Å². The second-order valence-electron chi connectivity index (χ2n) is 19.8. The molecule has 7 rings (SSSR count). The number of hydrogen-bond acceptors (Lipinski definition) is 7. The molecule has 2 aliphatic carbocycles. The molecule has 2 atom stereocenters. The van der Waals surface area contributed by atoms with Crippen LogP contribution in [0.3, 0.4) is 0 Å². The average molecular weight is 928 g/mol. The van der Waals surface area contributed by atoms with E-state index in [4.69, 9.17) is 14.2 Å². The normalized spacial score (nSPS) is 15.8. The SMILES string of the molecule is CCC(C)(C)C(=O)OCCOC(=O)CCC(=O)OC1CCCCC1c1ccc(C(=C2C=CC(=[N+](C)c3c(C)cc(C)cc3C)C=C2)c2ccc(N(C)c3c(C)cc(C)cc3C)cc2)c2ccccc12. The van der Waals surface area contributed by atoms with E-state index in [-0.39, 0.29) is 44.0 Å². The number of benzene rings is 5. The molecule has 8 nitrogen and oxygen atoms in total. The van der Waals surface area contributed by atoms with Gasteiger partial charge in [-0.05, 0) is 167 Å². The summed E-state index contributed by atoms with van der Waals surface area (Å²) in [5, 5.41) is 2.27. The largest absolute Gasteiger partial charge is 0.462 e. The monoisotopic (exact) mass is 928 g/mol. The minimum atomic E-state index is -0.599. The third-order valence-corrected chi connectivity index (χ3v) is 14.2. The topological polar surface area (TPSA) is 85.2 Å².